The van der Waals surface area contributed by atoms with Crippen LogP contribution in [0.4, 0.5) is 0 Å². The van der Waals surface area contributed by atoms with Crippen molar-refractivity contribution in [3.63, 3.8) is 0 Å². The highest BCUT2D eigenvalue weighted by Gasteiger charge is 2.27. The molecule has 0 aliphatic rings. The Labute approximate surface area is 111 Å². The first kappa shape index (κ1) is 13.5. The van der Waals surface area contributed by atoms with Crippen LogP contribution in [0.5, 0.6) is 5.75 Å². The first-order valence-electron chi connectivity index (χ1n) is 5.83. The molecule has 102 valence electrons. The minimum Gasteiger partial charge on any atom is -0.497 e. The normalized spacial score (nSPS) is 14.1. The number of aromatic nitrogens is 2. The second kappa shape index (κ2) is 5.38. The molecule has 0 radical (unpaired) electrons. The zero-order chi connectivity index (χ0) is 13.9. The third-order valence-corrected chi connectivity index (χ3v) is 2.70. The molecule has 1 atom stereocenters. The molecule has 1 heterocycles. The van der Waals surface area contributed by atoms with Crippen molar-refractivity contribution in [1.29, 1.82) is 0 Å². The first-order chi connectivity index (χ1) is 9.06. The molecule has 1 unspecified atom stereocenters. The van der Waals surface area contributed by atoms with Crippen LogP contribution in [0.1, 0.15) is 12.7 Å². The molecule has 0 aliphatic heterocycles. The van der Waals surface area contributed by atoms with E-state index < -0.39 is 5.54 Å². The fraction of sp³-hybridized carbons (Fsp3) is 0.385. The molecular formula is C13H17N3O3. The van der Waals surface area contributed by atoms with Gasteiger partial charge in [-0.15, -0.1) is 0 Å². The largest absolute Gasteiger partial charge is 0.497 e. The molecule has 0 saturated heterocycles. The van der Waals surface area contributed by atoms with Gasteiger partial charge in [0.25, 0.3) is 5.89 Å². The summed E-state index contributed by atoms with van der Waals surface area (Å²) in [6.07, 6.45) is 0. The fourth-order valence-electron chi connectivity index (χ4n) is 1.69. The molecule has 2 rings (SSSR count). The van der Waals surface area contributed by atoms with E-state index in [1.165, 1.54) is 0 Å². The van der Waals surface area contributed by atoms with Gasteiger partial charge < -0.3 is 19.7 Å². The van der Waals surface area contributed by atoms with E-state index in [4.69, 9.17) is 19.7 Å². The van der Waals surface area contributed by atoms with Crippen molar-refractivity contribution in [1.82, 2.24) is 10.1 Å². The van der Waals surface area contributed by atoms with Gasteiger partial charge >= 0.3 is 0 Å². The first-order valence-corrected chi connectivity index (χ1v) is 5.83. The second-order valence-electron chi connectivity index (χ2n) is 4.51. The Bertz CT molecular complexity index is 552. The van der Waals surface area contributed by atoms with Gasteiger partial charge in [0.1, 0.15) is 11.3 Å². The average Bonchev–Trinajstić information content (AvgIpc) is 2.89. The third kappa shape index (κ3) is 2.91. The van der Waals surface area contributed by atoms with Crippen LogP contribution in [0.3, 0.4) is 0 Å². The summed E-state index contributed by atoms with van der Waals surface area (Å²) in [5, 5.41) is 3.91. The van der Waals surface area contributed by atoms with E-state index in [-0.39, 0.29) is 0 Å². The number of benzene rings is 1. The predicted molar refractivity (Wildman–Crippen MR) is 69.7 cm³/mol. The lowest BCUT2D eigenvalue weighted by molar-refractivity contribution is 0.135. The molecule has 1 aromatic carbocycles. The van der Waals surface area contributed by atoms with Gasteiger partial charge in [-0.05, 0) is 25.1 Å². The molecule has 2 N–H and O–H groups in total. The average molecular weight is 263 g/mol. The molecule has 0 saturated carbocycles. The van der Waals surface area contributed by atoms with E-state index in [9.17, 15) is 0 Å². The Hall–Kier alpha value is -1.92. The van der Waals surface area contributed by atoms with Crippen LogP contribution in [0.25, 0.3) is 11.5 Å². The summed E-state index contributed by atoms with van der Waals surface area (Å²) in [6, 6.07) is 7.39. The van der Waals surface area contributed by atoms with Gasteiger partial charge in [0, 0.05) is 12.7 Å². The van der Waals surface area contributed by atoms with Gasteiger partial charge in [-0.3, -0.25) is 0 Å². The summed E-state index contributed by atoms with van der Waals surface area (Å²) in [7, 11) is 3.18. The summed E-state index contributed by atoms with van der Waals surface area (Å²) in [5.74, 6) is 1.54. The molecule has 2 aromatic rings. The number of nitrogens with two attached hydrogens (primary N) is 1. The van der Waals surface area contributed by atoms with Crippen molar-refractivity contribution >= 4 is 0 Å². The number of nitrogens with zero attached hydrogens (tertiary/aromatic N) is 2. The lowest BCUT2D eigenvalue weighted by atomic mass is 10.1. The predicted octanol–water partition coefficient (Wildman–Crippen LogP) is 1.57. The molecule has 0 fully saturated rings. The van der Waals surface area contributed by atoms with Crippen molar-refractivity contribution in [2.75, 3.05) is 20.8 Å². The zero-order valence-corrected chi connectivity index (χ0v) is 11.2. The smallest absolute Gasteiger partial charge is 0.258 e. The van der Waals surface area contributed by atoms with Crippen LogP contribution in [-0.2, 0) is 10.3 Å². The lowest BCUT2D eigenvalue weighted by Crippen LogP contribution is -2.38. The maximum Gasteiger partial charge on any atom is 0.258 e. The fourth-order valence-corrected chi connectivity index (χ4v) is 1.69. The Morgan fingerprint density at radius 1 is 1.37 bits per heavy atom. The number of ether oxygens (including phenoxy) is 2. The van der Waals surface area contributed by atoms with Gasteiger partial charge in [-0.25, -0.2) is 0 Å². The minimum absolute atomic E-state index is 0.310. The number of hydrogen-bond donors (Lipinski definition) is 1. The number of rotatable bonds is 5. The summed E-state index contributed by atoms with van der Waals surface area (Å²) in [5.41, 5.74) is 6.06. The van der Waals surface area contributed by atoms with Crippen LogP contribution in [0, 0.1) is 0 Å². The maximum atomic E-state index is 6.06. The van der Waals surface area contributed by atoms with Crippen molar-refractivity contribution in [2.45, 2.75) is 12.5 Å². The Balaban J connectivity index is 2.30. The number of methoxy groups -OCH3 is 2. The summed E-state index contributed by atoms with van der Waals surface area (Å²) in [4.78, 5) is 4.31. The third-order valence-electron chi connectivity index (χ3n) is 2.70. The molecule has 0 bridgehead atoms. The molecule has 6 heteroatoms. The Morgan fingerprint density at radius 2 is 2.16 bits per heavy atom. The zero-order valence-electron chi connectivity index (χ0n) is 11.2. The van der Waals surface area contributed by atoms with Crippen molar-refractivity contribution in [3.8, 4) is 17.2 Å². The van der Waals surface area contributed by atoms with Gasteiger partial charge in [0.05, 0.1) is 13.7 Å². The van der Waals surface area contributed by atoms with Gasteiger partial charge in [-0.1, -0.05) is 11.2 Å². The topological polar surface area (TPSA) is 83.4 Å². The minimum atomic E-state index is -0.782. The van der Waals surface area contributed by atoms with Gasteiger partial charge in [0.2, 0.25) is 0 Å². The molecule has 0 aliphatic carbocycles. The highest BCUT2D eigenvalue weighted by Crippen LogP contribution is 2.24. The van der Waals surface area contributed by atoms with Crippen LogP contribution >= 0.6 is 0 Å². The summed E-state index contributed by atoms with van der Waals surface area (Å²) in [6.45, 7) is 2.10. The molecule has 0 amide bonds. The molecule has 0 spiro atoms. The monoisotopic (exact) mass is 263 g/mol. The van der Waals surface area contributed by atoms with E-state index in [1.807, 2.05) is 24.3 Å². The van der Waals surface area contributed by atoms with Crippen molar-refractivity contribution in [2.24, 2.45) is 5.73 Å². The molecule has 6 nitrogen and oxygen atoms in total. The van der Waals surface area contributed by atoms with Gasteiger partial charge in [-0.2, -0.15) is 4.98 Å². The van der Waals surface area contributed by atoms with Crippen LogP contribution in [-0.4, -0.2) is 31.0 Å². The summed E-state index contributed by atoms with van der Waals surface area (Å²) < 4.78 is 15.4. The van der Waals surface area contributed by atoms with E-state index in [0.29, 0.717) is 18.3 Å². The molecule has 1 aromatic heterocycles. The number of hydrogen-bond acceptors (Lipinski definition) is 6. The quantitative estimate of drug-likeness (QED) is 0.881. The van der Waals surface area contributed by atoms with Crippen molar-refractivity contribution in [3.05, 3.63) is 30.1 Å². The Morgan fingerprint density at radius 3 is 2.84 bits per heavy atom. The molecular weight excluding hydrogens is 246 g/mol. The second-order valence-corrected chi connectivity index (χ2v) is 4.51. The van der Waals surface area contributed by atoms with E-state index in [2.05, 4.69) is 10.1 Å². The van der Waals surface area contributed by atoms with Crippen LogP contribution < -0.4 is 10.5 Å². The Kier molecular flexibility index (Phi) is 3.82. The van der Waals surface area contributed by atoms with Gasteiger partial charge in [0.15, 0.2) is 5.82 Å². The van der Waals surface area contributed by atoms with E-state index in [1.54, 1.807) is 21.1 Å². The SMILES string of the molecule is COCC(C)(N)c1noc(-c2cccc(OC)c2)n1. The van der Waals surface area contributed by atoms with Crippen molar-refractivity contribution < 1.29 is 14.0 Å². The van der Waals surface area contributed by atoms with Crippen LogP contribution in [0.2, 0.25) is 0 Å². The lowest BCUT2D eigenvalue weighted by Gasteiger charge is -2.18. The maximum absolute atomic E-state index is 6.06. The highest BCUT2D eigenvalue weighted by atomic mass is 16.5. The highest BCUT2D eigenvalue weighted by molar-refractivity contribution is 5.55. The standard InChI is InChI=1S/C13H17N3O3/c1-13(14,8-17-2)12-15-11(19-16-12)9-5-4-6-10(7-9)18-3/h4-7H,8,14H2,1-3H3. The van der Waals surface area contributed by atoms with Crippen LogP contribution in [0.15, 0.2) is 28.8 Å². The molecule has 19 heavy (non-hydrogen) atoms. The van der Waals surface area contributed by atoms with E-state index >= 15 is 0 Å². The van der Waals surface area contributed by atoms with E-state index in [0.717, 1.165) is 11.3 Å². The summed E-state index contributed by atoms with van der Waals surface area (Å²) >= 11 is 0.